The van der Waals surface area contributed by atoms with Crippen LogP contribution in [0.4, 0.5) is 0 Å². The van der Waals surface area contributed by atoms with Crippen LogP contribution in [-0.4, -0.2) is 26.5 Å². The zero-order chi connectivity index (χ0) is 7.56. The number of carbonyl (C=O) groups is 1. The minimum absolute atomic E-state index is 0.0556. The highest BCUT2D eigenvalue weighted by Crippen LogP contribution is 1.89. The van der Waals surface area contributed by atoms with Crippen molar-refractivity contribution in [3.8, 4) is 0 Å². The molecule has 0 unspecified atom stereocenters. The molecule has 0 bridgehead atoms. The number of nitrogens with zero attached hydrogens (tertiary/aromatic N) is 2. The van der Waals surface area contributed by atoms with Gasteiger partial charge >= 0.3 is 5.97 Å². The zero-order valence-electron chi connectivity index (χ0n) is 4.74. The average Bonchev–Trinajstić information content (AvgIpc) is 1.88. The van der Waals surface area contributed by atoms with E-state index in [1.54, 1.807) is 0 Å². The van der Waals surface area contributed by atoms with Crippen molar-refractivity contribution >= 4 is 18.2 Å². The van der Waals surface area contributed by atoms with Crippen LogP contribution < -0.4 is 0 Å². The molecule has 0 aliphatic rings. The summed E-state index contributed by atoms with van der Waals surface area (Å²) < 4.78 is 0.163. The molecule has 10 heavy (non-hydrogen) atoms. The standard InChI is InChI=1S/C4H3N3O2S/c8-4(9)2-1-3(10)6-7-5-2/h1H,(H,8,9)(H,5,6,10). The highest BCUT2D eigenvalue weighted by molar-refractivity contribution is 7.71. The van der Waals surface area contributed by atoms with Crippen molar-refractivity contribution < 1.29 is 9.90 Å². The lowest BCUT2D eigenvalue weighted by Crippen LogP contribution is -2.02. The number of hydrogen-bond donors (Lipinski definition) is 2. The summed E-state index contributed by atoms with van der Waals surface area (Å²) in [6.07, 6.45) is 0. The number of aromatic amines is 1. The van der Waals surface area contributed by atoms with Crippen LogP contribution in [0.25, 0.3) is 0 Å². The third-order valence-electron chi connectivity index (χ3n) is 0.817. The maximum atomic E-state index is 10.2. The molecule has 0 fully saturated rings. The van der Waals surface area contributed by atoms with E-state index < -0.39 is 5.97 Å². The Bertz CT molecular complexity index is 307. The van der Waals surface area contributed by atoms with Crippen LogP contribution in [0.3, 0.4) is 0 Å². The summed E-state index contributed by atoms with van der Waals surface area (Å²) >= 11 is 4.56. The Morgan fingerprint density at radius 1 is 1.80 bits per heavy atom. The first kappa shape index (κ1) is 6.81. The fourth-order valence-electron chi connectivity index (χ4n) is 0.422. The summed E-state index contributed by atoms with van der Waals surface area (Å²) in [5.74, 6) is -1.10. The van der Waals surface area contributed by atoms with Crippen LogP contribution in [-0.2, 0) is 0 Å². The molecule has 0 amide bonds. The molecule has 52 valence electrons. The first-order chi connectivity index (χ1) is 4.70. The Balaban J connectivity index is 3.20. The SMILES string of the molecule is O=C(O)c1cc(=S)nn[nH]1. The third-order valence-corrected chi connectivity index (χ3v) is 1.02. The van der Waals surface area contributed by atoms with E-state index in [0.29, 0.717) is 0 Å². The molecule has 1 rings (SSSR count). The average molecular weight is 157 g/mol. The minimum Gasteiger partial charge on any atom is -0.477 e. The minimum atomic E-state index is -1.10. The first-order valence-electron chi connectivity index (χ1n) is 2.36. The van der Waals surface area contributed by atoms with Crippen molar-refractivity contribution in [2.24, 2.45) is 0 Å². The van der Waals surface area contributed by atoms with E-state index in [0.717, 1.165) is 0 Å². The summed E-state index contributed by atoms with van der Waals surface area (Å²) in [4.78, 5) is 10.2. The van der Waals surface area contributed by atoms with Crippen molar-refractivity contribution in [1.29, 1.82) is 0 Å². The fourth-order valence-corrected chi connectivity index (χ4v) is 0.581. The van der Waals surface area contributed by atoms with Gasteiger partial charge in [0.05, 0.1) is 0 Å². The van der Waals surface area contributed by atoms with Gasteiger partial charge in [0.2, 0.25) is 0 Å². The van der Waals surface area contributed by atoms with Crippen LogP contribution in [0.1, 0.15) is 10.5 Å². The third kappa shape index (κ3) is 1.35. The van der Waals surface area contributed by atoms with Crippen LogP contribution in [0, 0.1) is 4.64 Å². The van der Waals surface area contributed by atoms with E-state index >= 15 is 0 Å². The van der Waals surface area contributed by atoms with Gasteiger partial charge in [-0.15, -0.1) is 5.10 Å². The maximum absolute atomic E-state index is 10.2. The first-order valence-corrected chi connectivity index (χ1v) is 2.76. The van der Waals surface area contributed by atoms with Crippen molar-refractivity contribution in [3.63, 3.8) is 0 Å². The summed E-state index contributed by atoms with van der Waals surface area (Å²) in [5, 5.41) is 17.2. The van der Waals surface area contributed by atoms with E-state index in [4.69, 9.17) is 5.11 Å². The maximum Gasteiger partial charge on any atom is 0.354 e. The molecule has 0 atom stereocenters. The molecule has 0 aliphatic carbocycles. The predicted molar refractivity (Wildman–Crippen MR) is 34.2 cm³/mol. The number of carboxylic acids is 1. The molecule has 0 aromatic carbocycles. The van der Waals surface area contributed by atoms with E-state index in [-0.39, 0.29) is 10.3 Å². The summed E-state index contributed by atoms with van der Waals surface area (Å²) in [6.45, 7) is 0. The van der Waals surface area contributed by atoms with E-state index in [1.807, 2.05) is 0 Å². The molecule has 1 aromatic rings. The lowest BCUT2D eigenvalue weighted by Gasteiger charge is -1.88. The van der Waals surface area contributed by atoms with Gasteiger partial charge in [0.25, 0.3) is 0 Å². The number of rotatable bonds is 1. The van der Waals surface area contributed by atoms with Crippen LogP contribution >= 0.6 is 12.2 Å². The summed E-state index contributed by atoms with van der Waals surface area (Å²) in [6, 6.07) is 1.23. The summed E-state index contributed by atoms with van der Waals surface area (Å²) in [5.41, 5.74) is -0.0556. The van der Waals surface area contributed by atoms with Gasteiger partial charge in [-0.3, -0.25) is 5.10 Å². The number of H-pyrrole nitrogens is 1. The number of aromatic nitrogens is 3. The van der Waals surface area contributed by atoms with Gasteiger partial charge in [0, 0.05) is 6.07 Å². The van der Waals surface area contributed by atoms with Crippen molar-refractivity contribution in [1.82, 2.24) is 15.4 Å². The molecule has 0 aliphatic heterocycles. The second-order valence-electron chi connectivity index (χ2n) is 1.51. The number of nitrogens with one attached hydrogen (secondary N) is 1. The van der Waals surface area contributed by atoms with Crippen molar-refractivity contribution in [3.05, 3.63) is 16.4 Å². The molecule has 6 heteroatoms. The highest BCUT2D eigenvalue weighted by atomic mass is 32.1. The highest BCUT2D eigenvalue weighted by Gasteiger charge is 2.00. The predicted octanol–water partition coefficient (Wildman–Crippen LogP) is 0.232. The van der Waals surface area contributed by atoms with E-state index in [2.05, 4.69) is 27.6 Å². The molecule has 5 nitrogen and oxygen atoms in total. The quantitative estimate of drug-likeness (QED) is 0.570. The Morgan fingerprint density at radius 2 is 2.50 bits per heavy atom. The van der Waals surface area contributed by atoms with Gasteiger partial charge in [0.15, 0.2) is 4.64 Å². The van der Waals surface area contributed by atoms with Gasteiger partial charge in [-0.2, -0.15) is 0 Å². The second-order valence-corrected chi connectivity index (χ2v) is 1.93. The lowest BCUT2D eigenvalue weighted by atomic mass is 10.4. The number of hydrogen-bond acceptors (Lipinski definition) is 4. The normalized spacial score (nSPS) is 9.20. The van der Waals surface area contributed by atoms with Gasteiger partial charge in [-0.25, -0.2) is 4.79 Å². The lowest BCUT2D eigenvalue weighted by molar-refractivity contribution is 0.0688. The van der Waals surface area contributed by atoms with E-state index in [1.165, 1.54) is 6.07 Å². The summed E-state index contributed by atoms with van der Waals surface area (Å²) in [7, 11) is 0. The Hall–Kier alpha value is -1.30. The molecule has 1 aromatic heterocycles. The molecule has 1 heterocycles. The largest absolute Gasteiger partial charge is 0.477 e. The van der Waals surface area contributed by atoms with Crippen molar-refractivity contribution in [2.75, 3.05) is 0 Å². The Morgan fingerprint density at radius 3 is 2.90 bits per heavy atom. The topological polar surface area (TPSA) is 78.9 Å². The Kier molecular flexibility index (Phi) is 1.72. The second kappa shape index (κ2) is 2.53. The smallest absolute Gasteiger partial charge is 0.354 e. The molecular weight excluding hydrogens is 154 g/mol. The molecule has 0 saturated heterocycles. The van der Waals surface area contributed by atoms with E-state index in [9.17, 15) is 4.79 Å². The van der Waals surface area contributed by atoms with Gasteiger partial charge in [0.1, 0.15) is 5.69 Å². The van der Waals surface area contributed by atoms with Gasteiger partial charge in [-0.1, -0.05) is 17.4 Å². The fraction of sp³-hybridized carbons (Fsp3) is 0. The molecule has 0 saturated carbocycles. The van der Waals surface area contributed by atoms with Crippen molar-refractivity contribution in [2.45, 2.75) is 0 Å². The number of aromatic carboxylic acids is 1. The van der Waals surface area contributed by atoms with Crippen LogP contribution in [0.2, 0.25) is 0 Å². The molecular formula is C4H3N3O2S. The molecule has 0 radical (unpaired) electrons. The monoisotopic (exact) mass is 157 g/mol. The van der Waals surface area contributed by atoms with Crippen LogP contribution in [0.5, 0.6) is 0 Å². The molecule has 0 spiro atoms. The number of carboxylic acid groups (broad SMARTS) is 1. The zero-order valence-corrected chi connectivity index (χ0v) is 5.55. The van der Waals surface area contributed by atoms with Gasteiger partial charge in [-0.05, 0) is 0 Å². The molecule has 2 N–H and O–H groups in total. The Labute approximate surface area is 60.7 Å². The van der Waals surface area contributed by atoms with Gasteiger partial charge < -0.3 is 5.11 Å². The van der Waals surface area contributed by atoms with Crippen LogP contribution in [0.15, 0.2) is 6.07 Å².